The number of carbonyl (C=O) groups excluding carboxylic acids is 2. The van der Waals surface area contributed by atoms with Crippen LogP contribution in [-0.4, -0.2) is 78.6 Å². The molecule has 3 atom stereocenters. The number of aliphatic hydroxyl groups is 1. The molecule has 2 aromatic carbocycles. The second kappa shape index (κ2) is 12.3. The Morgan fingerprint density at radius 3 is 2.62 bits per heavy atom. The third kappa shape index (κ3) is 7.36. The van der Waals surface area contributed by atoms with E-state index in [1.165, 1.54) is 18.2 Å². The van der Waals surface area contributed by atoms with Crippen molar-refractivity contribution < 1.29 is 42.1 Å². The van der Waals surface area contributed by atoms with Crippen LogP contribution < -0.4 is 19.5 Å². The number of fused-ring (bicyclic) bond motifs is 2. The number of alkyl halides is 3. The van der Waals surface area contributed by atoms with Gasteiger partial charge in [-0.1, -0.05) is 13.0 Å². The molecule has 0 bridgehead atoms. The molecule has 12 heteroatoms. The van der Waals surface area contributed by atoms with E-state index in [0.717, 1.165) is 5.56 Å². The van der Waals surface area contributed by atoms with E-state index < -0.39 is 36.9 Å². The first-order valence-corrected chi connectivity index (χ1v) is 13.1. The molecule has 218 valence electrons. The normalized spacial score (nSPS) is 19.5. The van der Waals surface area contributed by atoms with Crippen molar-refractivity contribution in [2.45, 2.75) is 51.6 Å². The summed E-state index contributed by atoms with van der Waals surface area (Å²) in [6.07, 6.45) is -6.76. The van der Waals surface area contributed by atoms with Gasteiger partial charge in [0.15, 0.2) is 11.5 Å². The van der Waals surface area contributed by atoms with Gasteiger partial charge in [-0.3, -0.25) is 14.5 Å². The van der Waals surface area contributed by atoms with Gasteiger partial charge < -0.3 is 29.5 Å². The Kier molecular flexibility index (Phi) is 9.09. The van der Waals surface area contributed by atoms with E-state index in [-0.39, 0.29) is 36.7 Å². The lowest BCUT2D eigenvalue weighted by Gasteiger charge is -2.38. The number of nitrogens with zero attached hydrogens (tertiary/aromatic N) is 2. The van der Waals surface area contributed by atoms with Gasteiger partial charge in [0, 0.05) is 37.7 Å². The van der Waals surface area contributed by atoms with Gasteiger partial charge >= 0.3 is 6.18 Å². The number of hydrogen-bond acceptors (Lipinski definition) is 7. The lowest BCUT2D eigenvalue weighted by molar-refractivity contribution is -0.142. The summed E-state index contributed by atoms with van der Waals surface area (Å²) in [5.41, 5.74) is 1.37. The molecule has 40 heavy (non-hydrogen) atoms. The fraction of sp³-hybridized carbons (Fsp3) is 0.500. The first-order chi connectivity index (χ1) is 18.9. The molecule has 2 N–H and O–H groups in total. The Labute approximate surface area is 230 Å². The Morgan fingerprint density at radius 1 is 1.18 bits per heavy atom. The quantitative estimate of drug-likeness (QED) is 0.473. The highest BCUT2D eigenvalue weighted by molar-refractivity contribution is 5.99. The maximum Gasteiger partial charge on any atom is 0.389 e. The second-order valence-electron chi connectivity index (χ2n) is 10.4. The Morgan fingerprint density at radius 2 is 1.90 bits per heavy atom. The van der Waals surface area contributed by atoms with Crippen molar-refractivity contribution >= 4 is 17.5 Å². The summed E-state index contributed by atoms with van der Waals surface area (Å²) in [4.78, 5) is 29.3. The van der Waals surface area contributed by atoms with E-state index in [2.05, 4.69) is 10.2 Å². The smallest absolute Gasteiger partial charge is 0.389 e. The maximum absolute atomic E-state index is 13.5. The molecule has 0 saturated heterocycles. The second-order valence-corrected chi connectivity index (χ2v) is 10.4. The van der Waals surface area contributed by atoms with E-state index >= 15 is 0 Å². The number of ether oxygens (including phenoxy) is 3. The van der Waals surface area contributed by atoms with Gasteiger partial charge in [-0.15, -0.1) is 0 Å². The number of nitrogens with one attached hydrogen (secondary N) is 1. The average molecular weight is 566 g/mol. The van der Waals surface area contributed by atoms with Crippen molar-refractivity contribution in [3.8, 4) is 17.2 Å². The highest BCUT2D eigenvalue weighted by atomic mass is 19.4. The fourth-order valence-corrected chi connectivity index (χ4v) is 4.72. The number of anilines is 1. The molecule has 9 nitrogen and oxygen atoms in total. The van der Waals surface area contributed by atoms with Crippen molar-refractivity contribution in [1.29, 1.82) is 0 Å². The monoisotopic (exact) mass is 565 g/mol. The molecular formula is C28H34F3N3O6. The fourth-order valence-electron chi connectivity index (χ4n) is 4.72. The van der Waals surface area contributed by atoms with E-state index in [9.17, 15) is 27.9 Å². The van der Waals surface area contributed by atoms with Crippen molar-refractivity contribution in [2.75, 3.05) is 38.9 Å². The third-order valence-electron chi connectivity index (χ3n) is 6.97. The topological polar surface area (TPSA) is 101 Å². The van der Waals surface area contributed by atoms with E-state index in [1.54, 1.807) is 11.8 Å². The zero-order chi connectivity index (χ0) is 29.0. The molecule has 0 aromatic heterocycles. The predicted octanol–water partition coefficient (Wildman–Crippen LogP) is 4.05. The minimum Gasteiger partial charge on any atom is -0.488 e. The number of benzene rings is 2. The summed E-state index contributed by atoms with van der Waals surface area (Å²) in [5, 5.41) is 12.3. The van der Waals surface area contributed by atoms with Gasteiger partial charge in [0.2, 0.25) is 12.7 Å². The first-order valence-electron chi connectivity index (χ1n) is 13.1. The summed E-state index contributed by atoms with van der Waals surface area (Å²) in [7, 11) is 1.96. The Balaban J connectivity index is 1.53. The molecule has 0 fully saturated rings. The molecule has 0 spiro atoms. The number of halogens is 3. The maximum atomic E-state index is 13.5. The van der Waals surface area contributed by atoms with Crippen LogP contribution in [-0.2, 0) is 11.3 Å². The molecular weight excluding hydrogens is 531 g/mol. The van der Waals surface area contributed by atoms with Crippen LogP contribution in [0.2, 0.25) is 0 Å². The van der Waals surface area contributed by atoms with Crippen molar-refractivity contribution in [1.82, 2.24) is 9.80 Å². The SMILES string of the molecule is C[C@H]1CN([C@@H](C)CO)C(=O)c2cc(NC(=O)CCC(F)(F)F)ccc2O[C@H]1CN(C)Cc1ccc2c(c1)OCO2. The van der Waals surface area contributed by atoms with Crippen LogP contribution in [0.1, 0.15) is 42.6 Å². The van der Waals surface area contributed by atoms with Crippen molar-refractivity contribution in [2.24, 2.45) is 5.92 Å². The van der Waals surface area contributed by atoms with Crippen LogP contribution in [0.15, 0.2) is 36.4 Å². The highest BCUT2D eigenvalue weighted by Gasteiger charge is 2.34. The van der Waals surface area contributed by atoms with Crippen molar-refractivity contribution in [3.63, 3.8) is 0 Å². The van der Waals surface area contributed by atoms with E-state index in [4.69, 9.17) is 14.2 Å². The predicted molar refractivity (Wildman–Crippen MR) is 140 cm³/mol. The lowest BCUT2D eigenvalue weighted by Crippen LogP contribution is -2.49. The molecule has 0 unspecified atom stereocenters. The molecule has 2 amide bonds. The average Bonchev–Trinajstić information content (AvgIpc) is 3.37. The zero-order valence-electron chi connectivity index (χ0n) is 22.7. The molecule has 0 aliphatic carbocycles. The summed E-state index contributed by atoms with van der Waals surface area (Å²) < 4.78 is 54.8. The number of amides is 2. The lowest BCUT2D eigenvalue weighted by atomic mass is 9.99. The third-order valence-corrected chi connectivity index (χ3v) is 6.97. The highest BCUT2D eigenvalue weighted by Crippen LogP contribution is 2.34. The Bertz CT molecular complexity index is 1220. The first kappa shape index (κ1) is 29.5. The van der Waals surface area contributed by atoms with Gasteiger partial charge in [-0.25, -0.2) is 0 Å². The van der Waals surface area contributed by atoms with Gasteiger partial charge in [-0.05, 0) is 49.9 Å². The van der Waals surface area contributed by atoms with E-state index in [1.807, 2.05) is 32.2 Å². The molecule has 2 aliphatic rings. The molecule has 4 rings (SSSR count). The van der Waals surface area contributed by atoms with Gasteiger partial charge in [-0.2, -0.15) is 13.2 Å². The van der Waals surface area contributed by atoms with Gasteiger partial charge in [0.1, 0.15) is 11.9 Å². The number of rotatable bonds is 9. The standard InChI is InChI=1S/C28H34F3N3O6/c1-17-12-34(18(2)15-35)27(37)21-11-20(32-26(36)8-9-28(29,30)31)5-7-22(21)40-25(17)14-33(3)13-19-4-6-23-24(10-19)39-16-38-23/h4-7,10-11,17-18,25,35H,8-9,12-16H2,1-3H3,(H,32,36)/t17-,18-,25-/m0/s1. The Hall–Kier alpha value is -3.51. The van der Waals surface area contributed by atoms with Crippen LogP contribution in [0.4, 0.5) is 18.9 Å². The summed E-state index contributed by atoms with van der Waals surface area (Å²) in [5.74, 6) is 0.381. The molecule has 2 heterocycles. The molecule has 2 aliphatic heterocycles. The van der Waals surface area contributed by atoms with E-state index in [0.29, 0.717) is 36.9 Å². The number of aliphatic hydroxyl groups excluding tert-OH is 1. The summed E-state index contributed by atoms with van der Waals surface area (Å²) in [6.45, 7) is 5.08. The zero-order valence-corrected chi connectivity index (χ0v) is 22.7. The summed E-state index contributed by atoms with van der Waals surface area (Å²) in [6, 6.07) is 9.73. The largest absolute Gasteiger partial charge is 0.488 e. The molecule has 0 radical (unpaired) electrons. The van der Waals surface area contributed by atoms with Crippen molar-refractivity contribution in [3.05, 3.63) is 47.5 Å². The number of carbonyl (C=O) groups is 2. The van der Waals surface area contributed by atoms with Crippen LogP contribution in [0, 0.1) is 5.92 Å². The van der Waals surface area contributed by atoms with Crippen LogP contribution in [0.3, 0.4) is 0 Å². The number of likely N-dealkylation sites (N-methyl/N-ethyl adjacent to an activating group) is 1. The summed E-state index contributed by atoms with van der Waals surface area (Å²) >= 11 is 0. The van der Waals surface area contributed by atoms with Crippen LogP contribution in [0.25, 0.3) is 0 Å². The molecule has 2 aromatic rings. The number of hydrogen-bond donors (Lipinski definition) is 2. The molecule has 0 saturated carbocycles. The van der Waals surface area contributed by atoms with Crippen LogP contribution >= 0.6 is 0 Å². The minimum absolute atomic E-state index is 0.105. The minimum atomic E-state index is -4.45. The van der Waals surface area contributed by atoms with Gasteiger partial charge in [0.05, 0.1) is 24.6 Å². The van der Waals surface area contributed by atoms with Gasteiger partial charge in [0.25, 0.3) is 5.91 Å². The van der Waals surface area contributed by atoms with Crippen LogP contribution in [0.5, 0.6) is 17.2 Å².